The van der Waals surface area contributed by atoms with Gasteiger partial charge < -0.3 is 0 Å². The van der Waals surface area contributed by atoms with Crippen LogP contribution < -0.4 is 0 Å². The number of benzene rings is 2. The predicted molar refractivity (Wildman–Crippen MR) is 80.6 cm³/mol. The van der Waals surface area contributed by atoms with Crippen molar-refractivity contribution in [2.24, 2.45) is 4.99 Å². The molecular weight excluding hydrogens is 309 g/mol. The van der Waals surface area contributed by atoms with Gasteiger partial charge in [0, 0.05) is 17.7 Å². The van der Waals surface area contributed by atoms with E-state index in [0.29, 0.717) is 11.1 Å². The maximum atomic E-state index is 13.2. The third-order valence-corrected chi connectivity index (χ3v) is 3.13. The van der Waals surface area contributed by atoms with Crippen molar-refractivity contribution in [2.75, 3.05) is 0 Å². The van der Waals surface area contributed by atoms with Gasteiger partial charge in [0.1, 0.15) is 5.71 Å². The topological polar surface area (TPSA) is 55.5 Å². The molecule has 0 N–H and O–H groups in total. The molecule has 2 aromatic rings. The Labute approximate surface area is 130 Å². The fourth-order valence-corrected chi connectivity index (χ4v) is 2.03. The molecule has 0 aliphatic rings. The molecule has 0 heterocycles. The Balaban J connectivity index is 2.29. The van der Waals surface area contributed by atoms with Crippen molar-refractivity contribution < 1.29 is 18.1 Å². The minimum Gasteiger partial charge on any atom is -0.275 e. The van der Waals surface area contributed by atoms with E-state index >= 15 is 0 Å². The zero-order valence-corrected chi connectivity index (χ0v) is 12.2. The molecule has 4 nitrogen and oxygen atoms in total. The third-order valence-electron chi connectivity index (χ3n) is 3.13. The average Bonchev–Trinajstić information content (AvgIpc) is 2.46. The number of nitro benzene ring substituents is 1. The number of hydrogen-bond donors (Lipinski definition) is 0. The molecule has 120 valence electrons. The quantitative estimate of drug-likeness (QED) is 0.474. The summed E-state index contributed by atoms with van der Waals surface area (Å²) in [4.78, 5) is 13.7. The molecular formula is C16H13F3N2O2. The summed E-state index contributed by atoms with van der Waals surface area (Å²) in [5.74, 6) is 0. The molecule has 0 saturated heterocycles. The van der Waals surface area contributed by atoms with Gasteiger partial charge in [-0.2, -0.15) is 13.2 Å². The molecule has 2 aromatic carbocycles. The van der Waals surface area contributed by atoms with Gasteiger partial charge in [-0.25, -0.2) is 0 Å². The lowest BCUT2D eigenvalue weighted by Crippen LogP contribution is -2.24. The molecule has 0 radical (unpaired) electrons. The first kappa shape index (κ1) is 16.7. The van der Waals surface area contributed by atoms with Gasteiger partial charge >= 0.3 is 6.18 Å². The number of alkyl halides is 3. The number of rotatable bonds is 4. The van der Waals surface area contributed by atoms with Gasteiger partial charge in [0.15, 0.2) is 0 Å². The maximum Gasteiger partial charge on any atom is 0.433 e. The summed E-state index contributed by atoms with van der Waals surface area (Å²) in [5, 5.41) is 10.6. The van der Waals surface area contributed by atoms with Crippen molar-refractivity contribution in [1.82, 2.24) is 0 Å². The minimum atomic E-state index is -4.57. The van der Waals surface area contributed by atoms with Gasteiger partial charge in [0.2, 0.25) is 0 Å². The van der Waals surface area contributed by atoms with Crippen molar-refractivity contribution in [3.05, 3.63) is 75.3 Å². The molecule has 0 bridgehead atoms. The molecule has 0 saturated carbocycles. The number of nitro groups is 1. The van der Waals surface area contributed by atoms with Crippen LogP contribution in [-0.2, 0) is 6.54 Å². The number of hydrogen-bond acceptors (Lipinski definition) is 3. The van der Waals surface area contributed by atoms with Crippen molar-refractivity contribution >= 4 is 11.4 Å². The summed E-state index contributed by atoms with van der Waals surface area (Å²) in [5.41, 5.74) is 0.0891. The van der Waals surface area contributed by atoms with E-state index in [1.54, 1.807) is 13.0 Å². The molecule has 2 rings (SSSR count). The second kappa shape index (κ2) is 6.60. The highest BCUT2D eigenvalue weighted by Gasteiger charge is 2.36. The summed E-state index contributed by atoms with van der Waals surface area (Å²) in [6.45, 7) is 1.49. The molecule has 0 fully saturated rings. The summed E-state index contributed by atoms with van der Waals surface area (Å²) >= 11 is 0. The van der Waals surface area contributed by atoms with Crippen LogP contribution in [0.15, 0.2) is 53.5 Å². The lowest BCUT2D eigenvalue weighted by molar-refractivity contribution is -0.384. The SMILES string of the molecule is Cc1cccc(/C(=N\Cc2ccc([N+](=O)[O-])cc2)C(F)(F)F)c1. The zero-order chi connectivity index (χ0) is 17.0. The van der Waals surface area contributed by atoms with Gasteiger partial charge in [-0.1, -0.05) is 35.9 Å². The van der Waals surface area contributed by atoms with Gasteiger partial charge in [0.25, 0.3) is 5.69 Å². The molecule has 0 aliphatic carbocycles. The van der Waals surface area contributed by atoms with E-state index in [1.807, 2.05) is 0 Å². The van der Waals surface area contributed by atoms with Crippen LogP contribution in [0.5, 0.6) is 0 Å². The lowest BCUT2D eigenvalue weighted by Gasteiger charge is -2.11. The Morgan fingerprint density at radius 3 is 2.35 bits per heavy atom. The van der Waals surface area contributed by atoms with Crippen LogP contribution in [0, 0.1) is 17.0 Å². The Morgan fingerprint density at radius 2 is 1.83 bits per heavy atom. The first-order valence-corrected chi connectivity index (χ1v) is 6.69. The number of aryl methyl sites for hydroxylation is 1. The van der Waals surface area contributed by atoms with E-state index in [1.165, 1.54) is 42.5 Å². The Kier molecular flexibility index (Phi) is 4.78. The van der Waals surface area contributed by atoms with Gasteiger partial charge in [-0.3, -0.25) is 15.1 Å². The molecule has 0 atom stereocenters. The second-order valence-corrected chi connectivity index (χ2v) is 4.96. The Bertz CT molecular complexity index is 738. The number of aliphatic imine (C=N–C) groups is 1. The molecule has 0 aliphatic heterocycles. The highest BCUT2D eigenvalue weighted by Crippen LogP contribution is 2.24. The van der Waals surface area contributed by atoms with Crippen LogP contribution in [0.25, 0.3) is 0 Å². The highest BCUT2D eigenvalue weighted by molar-refractivity contribution is 6.04. The fourth-order valence-electron chi connectivity index (χ4n) is 2.03. The second-order valence-electron chi connectivity index (χ2n) is 4.96. The van der Waals surface area contributed by atoms with Crippen LogP contribution in [0.2, 0.25) is 0 Å². The first-order chi connectivity index (χ1) is 10.8. The van der Waals surface area contributed by atoms with Crippen molar-refractivity contribution in [1.29, 1.82) is 0 Å². The maximum absolute atomic E-state index is 13.2. The Hall–Kier alpha value is -2.70. The molecule has 7 heteroatoms. The van der Waals surface area contributed by atoms with E-state index in [2.05, 4.69) is 4.99 Å². The van der Waals surface area contributed by atoms with E-state index in [0.717, 1.165) is 0 Å². The number of nitrogens with zero attached hydrogens (tertiary/aromatic N) is 2. The van der Waals surface area contributed by atoms with Gasteiger partial charge in [0.05, 0.1) is 11.5 Å². The summed E-state index contributed by atoms with van der Waals surface area (Å²) in [6, 6.07) is 11.3. The van der Waals surface area contributed by atoms with E-state index in [-0.39, 0.29) is 17.8 Å². The number of halogens is 3. The van der Waals surface area contributed by atoms with Crippen molar-refractivity contribution in [3.8, 4) is 0 Å². The van der Waals surface area contributed by atoms with Gasteiger partial charge in [-0.15, -0.1) is 0 Å². The fraction of sp³-hybridized carbons (Fsp3) is 0.188. The minimum absolute atomic E-state index is 0.000545. The average molecular weight is 322 g/mol. The normalized spacial score (nSPS) is 12.3. The Morgan fingerprint density at radius 1 is 1.17 bits per heavy atom. The summed E-state index contributed by atoms with van der Waals surface area (Å²) in [6.07, 6.45) is -4.57. The molecule has 0 unspecified atom stereocenters. The lowest BCUT2D eigenvalue weighted by atomic mass is 10.1. The zero-order valence-electron chi connectivity index (χ0n) is 12.2. The van der Waals surface area contributed by atoms with Crippen molar-refractivity contribution in [3.63, 3.8) is 0 Å². The molecule has 23 heavy (non-hydrogen) atoms. The number of non-ortho nitro benzene ring substituents is 1. The van der Waals surface area contributed by atoms with Crippen LogP contribution in [0.1, 0.15) is 16.7 Å². The van der Waals surface area contributed by atoms with E-state index < -0.39 is 16.8 Å². The van der Waals surface area contributed by atoms with Crippen LogP contribution >= 0.6 is 0 Å². The highest BCUT2D eigenvalue weighted by atomic mass is 19.4. The monoisotopic (exact) mass is 322 g/mol. The standard InChI is InChI=1S/C16H13F3N2O2/c1-11-3-2-4-13(9-11)15(16(17,18)19)20-10-12-5-7-14(8-6-12)21(22)23/h2-9H,10H2,1H3/b20-15+. The van der Waals surface area contributed by atoms with E-state index in [9.17, 15) is 23.3 Å². The smallest absolute Gasteiger partial charge is 0.275 e. The van der Waals surface area contributed by atoms with Crippen LogP contribution in [0.4, 0.5) is 18.9 Å². The molecule has 0 amide bonds. The van der Waals surface area contributed by atoms with Crippen molar-refractivity contribution in [2.45, 2.75) is 19.6 Å². The van der Waals surface area contributed by atoms with E-state index in [4.69, 9.17) is 0 Å². The first-order valence-electron chi connectivity index (χ1n) is 6.69. The van der Waals surface area contributed by atoms with Crippen LogP contribution in [-0.4, -0.2) is 16.8 Å². The summed E-state index contributed by atoms with van der Waals surface area (Å²) in [7, 11) is 0. The molecule has 0 spiro atoms. The third kappa shape index (κ3) is 4.38. The molecule has 0 aromatic heterocycles. The summed E-state index contributed by atoms with van der Waals surface area (Å²) < 4.78 is 39.6. The van der Waals surface area contributed by atoms with Gasteiger partial charge in [-0.05, 0) is 18.6 Å². The van der Waals surface area contributed by atoms with Crippen LogP contribution in [0.3, 0.4) is 0 Å². The predicted octanol–water partition coefficient (Wildman–Crippen LogP) is 4.45. The largest absolute Gasteiger partial charge is 0.433 e.